The van der Waals surface area contributed by atoms with E-state index in [-0.39, 0.29) is 18.9 Å². The maximum Gasteiger partial charge on any atom is 0.232 e. The molecule has 0 radical (unpaired) electrons. The van der Waals surface area contributed by atoms with Crippen LogP contribution >= 0.6 is 0 Å². The lowest BCUT2D eigenvalue weighted by Crippen LogP contribution is -2.31. The predicted molar refractivity (Wildman–Crippen MR) is 144 cm³/mol. The van der Waals surface area contributed by atoms with E-state index >= 15 is 0 Å². The zero-order chi connectivity index (χ0) is 25.1. The molecule has 184 valence electrons. The molecule has 0 heterocycles. The molecule has 1 aliphatic rings. The number of ether oxygens (including phenoxy) is 1. The zero-order valence-corrected chi connectivity index (χ0v) is 20.9. The summed E-state index contributed by atoms with van der Waals surface area (Å²) in [6.07, 6.45) is 3.78. The van der Waals surface area contributed by atoms with Crippen LogP contribution in [0.5, 0.6) is 11.5 Å². The molecule has 0 aromatic heterocycles. The Morgan fingerprint density at radius 2 is 1.61 bits per heavy atom. The van der Waals surface area contributed by atoms with Gasteiger partial charge in [-0.3, -0.25) is 9.10 Å². The molecular formula is C29H28N2O4S. The molecule has 7 heteroatoms. The highest BCUT2D eigenvalue weighted by Gasteiger charge is 2.22. The number of hydrogen-bond donors (Lipinski definition) is 1. The largest absolute Gasteiger partial charge is 0.455 e. The van der Waals surface area contributed by atoms with Crippen molar-refractivity contribution in [1.29, 1.82) is 0 Å². The maximum absolute atomic E-state index is 12.8. The third-order valence-corrected chi connectivity index (χ3v) is 7.60. The van der Waals surface area contributed by atoms with Crippen molar-refractivity contribution in [3.8, 4) is 11.5 Å². The molecule has 0 fully saturated rings. The van der Waals surface area contributed by atoms with Crippen molar-refractivity contribution in [2.75, 3.05) is 22.4 Å². The van der Waals surface area contributed by atoms with Crippen molar-refractivity contribution >= 4 is 38.1 Å². The van der Waals surface area contributed by atoms with Gasteiger partial charge < -0.3 is 10.1 Å². The van der Waals surface area contributed by atoms with Gasteiger partial charge in [-0.05, 0) is 66.1 Å². The van der Waals surface area contributed by atoms with Gasteiger partial charge in [0.1, 0.15) is 5.75 Å². The monoisotopic (exact) mass is 500 g/mol. The van der Waals surface area contributed by atoms with Gasteiger partial charge in [0, 0.05) is 24.0 Å². The molecule has 0 bridgehead atoms. The molecule has 0 spiro atoms. The van der Waals surface area contributed by atoms with Gasteiger partial charge >= 0.3 is 0 Å². The standard InChI is InChI=1S/C29H28N2O4S/c1-36(33,34)31(26-13-5-6-14-27(26)35-23-10-3-2-4-11-23)20-8-15-28(32)30-25-19-18-22-17-16-21-9-7-12-24(25)29(21)22/h2-7,9-14,18-19H,8,15-17,20H2,1H3,(H,30,32). The highest BCUT2D eigenvalue weighted by Crippen LogP contribution is 2.36. The lowest BCUT2D eigenvalue weighted by atomic mass is 10.0. The molecule has 1 amide bonds. The molecular weight excluding hydrogens is 472 g/mol. The number of rotatable bonds is 9. The van der Waals surface area contributed by atoms with Crippen molar-refractivity contribution in [3.63, 3.8) is 0 Å². The predicted octanol–water partition coefficient (Wildman–Crippen LogP) is 5.92. The second-order valence-corrected chi connectivity index (χ2v) is 10.9. The van der Waals surface area contributed by atoms with Gasteiger partial charge in [0.05, 0.1) is 11.9 Å². The van der Waals surface area contributed by atoms with Crippen LogP contribution in [0, 0.1) is 0 Å². The summed E-state index contributed by atoms with van der Waals surface area (Å²) in [5, 5.41) is 5.33. The molecule has 0 unspecified atom stereocenters. The van der Waals surface area contributed by atoms with Crippen LogP contribution in [0.4, 0.5) is 11.4 Å². The van der Waals surface area contributed by atoms with E-state index < -0.39 is 10.0 Å². The van der Waals surface area contributed by atoms with Crippen LogP contribution in [0.3, 0.4) is 0 Å². The average Bonchev–Trinajstić information content (AvgIpc) is 3.29. The van der Waals surface area contributed by atoms with Gasteiger partial charge in [-0.2, -0.15) is 0 Å². The van der Waals surface area contributed by atoms with E-state index in [0.29, 0.717) is 23.6 Å². The summed E-state index contributed by atoms with van der Waals surface area (Å²) >= 11 is 0. The number of amides is 1. The minimum absolute atomic E-state index is 0.143. The molecule has 0 saturated heterocycles. The Balaban J connectivity index is 1.28. The van der Waals surface area contributed by atoms with Gasteiger partial charge in [-0.1, -0.05) is 54.6 Å². The summed E-state index contributed by atoms with van der Waals surface area (Å²) in [4.78, 5) is 12.8. The Bertz CT molecular complexity index is 1510. The Hall–Kier alpha value is -3.84. The van der Waals surface area contributed by atoms with E-state index in [1.54, 1.807) is 24.3 Å². The van der Waals surface area contributed by atoms with Crippen LogP contribution in [0.25, 0.3) is 10.8 Å². The second-order valence-electron chi connectivity index (χ2n) is 8.98. The third kappa shape index (κ3) is 5.06. The summed E-state index contributed by atoms with van der Waals surface area (Å²) < 4.78 is 32.7. The van der Waals surface area contributed by atoms with Crippen molar-refractivity contribution in [2.45, 2.75) is 25.7 Å². The fourth-order valence-corrected chi connectivity index (χ4v) is 5.75. The van der Waals surface area contributed by atoms with Gasteiger partial charge in [-0.25, -0.2) is 8.42 Å². The molecule has 0 atom stereocenters. The molecule has 1 aliphatic carbocycles. The topological polar surface area (TPSA) is 75.7 Å². The molecule has 5 rings (SSSR count). The summed E-state index contributed by atoms with van der Waals surface area (Å²) in [6, 6.07) is 26.5. The first-order valence-corrected chi connectivity index (χ1v) is 13.9. The zero-order valence-electron chi connectivity index (χ0n) is 20.1. The number of aryl methyl sites for hydroxylation is 2. The highest BCUT2D eigenvalue weighted by molar-refractivity contribution is 7.92. The lowest BCUT2D eigenvalue weighted by molar-refractivity contribution is -0.116. The Kier molecular flexibility index (Phi) is 6.65. The minimum Gasteiger partial charge on any atom is -0.455 e. The third-order valence-electron chi connectivity index (χ3n) is 6.42. The van der Waals surface area contributed by atoms with E-state index in [0.717, 1.165) is 23.9 Å². The SMILES string of the molecule is CS(=O)(=O)N(CCCC(=O)Nc1ccc2c3c(cccc13)CC2)c1ccccc1Oc1ccccc1. The van der Waals surface area contributed by atoms with Crippen molar-refractivity contribution in [3.05, 3.63) is 96.1 Å². The Morgan fingerprint density at radius 3 is 2.39 bits per heavy atom. The molecule has 0 aliphatic heterocycles. The van der Waals surface area contributed by atoms with Crippen molar-refractivity contribution in [2.24, 2.45) is 0 Å². The number of nitrogens with one attached hydrogen (secondary N) is 1. The van der Waals surface area contributed by atoms with Gasteiger partial charge in [-0.15, -0.1) is 0 Å². The number of carbonyl (C=O) groups excluding carboxylic acids is 1. The van der Waals surface area contributed by atoms with Gasteiger partial charge in [0.2, 0.25) is 15.9 Å². The minimum atomic E-state index is -3.60. The molecule has 4 aromatic carbocycles. The molecule has 0 saturated carbocycles. The fraction of sp³-hybridized carbons (Fsp3) is 0.207. The number of benzene rings is 4. The van der Waals surface area contributed by atoms with Crippen LogP contribution in [0.2, 0.25) is 0 Å². The summed E-state index contributed by atoms with van der Waals surface area (Å²) in [7, 11) is -3.60. The van der Waals surface area contributed by atoms with Crippen molar-refractivity contribution in [1.82, 2.24) is 0 Å². The number of para-hydroxylation sites is 3. The van der Waals surface area contributed by atoms with E-state index in [1.165, 1.54) is 27.1 Å². The maximum atomic E-state index is 12.8. The molecule has 1 N–H and O–H groups in total. The Labute approximate surface area is 211 Å². The van der Waals surface area contributed by atoms with Crippen LogP contribution < -0.4 is 14.4 Å². The summed E-state index contributed by atoms with van der Waals surface area (Å²) in [5.74, 6) is 0.908. The normalized spacial score (nSPS) is 12.5. The average molecular weight is 501 g/mol. The van der Waals surface area contributed by atoms with E-state index in [1.807, 2.05) is 48.5 Å². The number of anilines is 2. The van der Waals surface area contributed by atoms with Crippen LogP contribution in [-0.2, 0) is 27.7 Å². The molecule has 4 aromatic rings. The quantitative estimate of drug-likeness (QED) is 0.310. The van der Waals surface area contributed by atoms with Crippen LogP contribution in [0.1, 0.15) is 24.0 Å². The molecule has 36 heavy (non-hydrogen) atoms. The number of hydrogen-bond acceptors (Lipinski definition) is 4. The lowest BCUT2D eigenvalue weighted by Gasteiger charge is -2.24. The Morgan fingerprint density at radius 1 is 0.889 bits per heavy atom. The van der Waals surface area contributed by atoms with E-state index in [4.69, 9.17) is 4.74 Å². The second kappa shape index (κ2) is 10.0. The summed E-state index contributed by atoms with van der Waals surface area (Å²) in [6.45, 7) is 0.158. The first kappa shape index (κ1) is 23.9. The number of carbonyl (C=O) groups is 1. The first-order chi connectivity index (χ1) is 17.4. The number of nitrogens with zero attached hydrogens (tertiary/aromatic N) is 1. The fourth-order valence-electron chi connectivity index (χ4n) is 4.78. The van der Waals surface area contributed by atoms with Crippen LogP contribution in [-0.4, -0.2) is 27.1 Å². The number of sulfonamides is 1. The van der Waals surface area contributed by atoms with E-state index in [2.05, 4.69) is 17.4 Å². The van der Waals surface area contributed by atoms with Crippen LogP contribution in [0.15, 0.2) is 84.9 Å². The van der Waals surface area contributed by atoms with E-state index in [9.17, 15) is 13.2 Å². The molecule has 6 nitrogen and oxygen atoms in total. The van der Waals surface area contributed by atoms with Gasteiger partial charge in [0.25, 0.3) is 0 Å². The van der Waals surface area contributed by atoms with Crippen molar-refractivity contribution < 1.29 is 17.9 Å². The smallest absolute Gasteiger partial charge is 0.232 e. The highest BCUT2D eigenvalue weighted by atomic mass is 32.2. The van der Waals surface area contributed by atoms with Gasteiger partial charge in [0.15, 0.2) is 5.75 Å². The summed E-state index contributed by atoms with van der Waals surface area (Å²) in [5.41, 5.74) is 3.87. The first-order valence-electron chi connectivity index (χ1n) is 12.0.